The van der Waals surface area contributed by atoms with Crippen molar-refractivity contribution in [2.75, 3.05) is 0 Å². The molecule has 0 aliphatic heterocycles. The molecule has 4 aromatic rings. The first-order valence-electron chi connectivity index (χ1n) is 8.89. The van der Waals surface area contributed by atoms with Crippen LogP contribution in [0.25, 0.3) is 10.8 Å². The zero-order valence-electron chi connectivity index (χ0n) is 15.8. The van der Waals surface area contributed by atoms with E-state index < -0.39 is 0 Å². The van der Waals surface area contributed by atoms with E-state index in [1.54, 1.807) is 28.5 Å². The Morgan fingerprint density at radius 2 is 2.00 bits per heavy atom. The smallest absolute Gasteiger partial charge is 0.253 e. The number of carbonyl (C=O) groups excluding carboxylic acids is 1. The van der Waals surface area contributed by atoms with Crippen LogP contribution in [0.3, 0.4) is 0 Å². The Morgan fingerprint density at radius 3 is 2.64 bits per heavy atom. The van der Waals surface area contributed by atoms with Crippen LogP contribution in [-0.4, -0.2) is 30.2 Å². The Labute approximate surface area is 166 Å². The molecular formula is C20H20N6OS. The van der Waals surface area contributed by atoms with Crippen LogP contribution in [-0.2, 0) is 0 Å². The largest absolute Gasteiger partial charge is 0.345 e. The topological polar surface area (TPSA) is 77.6 Å². The highest BCUT2D eigenvalue weighted by atomic mass is 32.1. The fraction of sp³-hybridized carbons (Fsp3) is 0.200. The van der Waals surface area contributed by atoms with E-state index in [1.807, 2.05) is 61.1 Å². The molecule has 7 nitrogen and oxygen atoms in total. The molecule has 3 heterocycles. The van der Waals surface area contributed by atoms with Crippen molar-refractivity contribution in [3.63, 3.8) is 0 Å². The Balaban J connectivity index is 1.51. The van der Waals surface area contributed by atoms with Crippen molar-refractivity contribution in [3.05, 3.63) is 77.1 Å². The normalized spacial score (nSPS) is 12.1. The number of thiazole rings is 1. The minimum absolute atomic E-state index is 0.0937. The number of rotatable bonds is 5. The third-order valence-electron chi connectivity index (χ3n) is 4.71. The van der Waals surface area contributed by atoms with Gasteiger partial charge in [-0.2, -0.15) is 5.10 Å². The van der Waals surface area contributed by atoms with E-state index in [4.69, 9.17) is 0 Å². The van der Waals surface area contributed by atoms with Gasteiger partial charge in [0.05, 0.1) is 17.3 Å². The van der Waals surface area contributed by atoms with Gasteiger partial charge in [-0.1, -0.05) is 12.1 Å². The molecule has 28 heavy (non-hydrogen) atoms. The summed E-state index contributed by atoms with van der Waals surface area (Å²) in [4.78, 5) is 21.2. The zero-order chi connectivity index (χ0) is 19.7. The van der Waals surface area contributed by atoms with Gasteiger partial charge in [-0.25, -0.2) is 14.6 Å². The number of hydrogen-bond acceptors (Lipinski definition) is 5. The van der Waals surface area contributed by atoms with Gasteiger partial charge < -0.3 is 5.32 Å². The maximum absolute atomic E-state index is 12.9. The van der Waals surface area contributed by atoms with E-state index >= 15 is 0 Å². The number of amides is 1. The summed E-state index contributed by atoms with van der Waals surface area (Å²) in [7, 11) is 0. The number of benzene rings is 1. The summed E-state index contributed by atoms with van der Waals surface area (Å²) in [5.41, 5.74) is 4.48. The second kappa shape index (κ2) is 7.40. The van der Waals surface area contributed by atoms with E-state index in [-0.39, 0.29) is 11.9 Å². The van der Waals surface area contributed by atoms with E-state index in [1.165, 1.54) is 6.33 Å². The molecule has 1 N–H and O–H groups in total. The molecule has 0 spiro atoms. The van der Waals surface area contributed by atoms with Crippen molar-refractivity contribution in [1.82, 2.24) is 29.6 Å². The van der Waals surface area contributed by atoms with Crippen LogP contribution in [0.1, 0.15) is 40.3 Å². The fourth-order valence-corrected chi connectivity index (χ4v) is 3.98. The van der Waals surface area contributed by atoms with Gasteiger partial charge in [0.1, 0.15) is 12.7 Å². The summed E-state index contributed by atoms with van der Waals surface area (Å²) in [6.07, 6.45) is 4.92. The van der Waals surface area contributed by atoms with Gasteiger partial charge in [0.15, 0.2) is 5.13 Å². The van der Waals surface area contributed by atoms with Crippen molar-refractivity contribution >= 4 is 17.2 Å². The fourth-order valence-electron chi connectivity index (χ4n) is 3.23. The van der Waals surface area contributed by atoms with Crippen molar-refractivity contribution in [2.45, 2.75) is 26.8 Å². The second-order valence-electron chi connectivity index (χ2n) is 6.56. The van der Waals surface area contributed by atoms with E-state index in [0.717, 1.165) is 27.8 Å². The number of carbonyl (C=O) groups is 1. The van der Waals surface area contributed by atoms with Gasteiger partial charge in [-0.05, 0) is 44.5 Å². The third kappa shape index (κ3) is 3.34. The minimum Gasteiger partial charge on any atom is -0.345 e. The molecule has 0 saturated heterocycles. The first-order chi connectivity index (χ1) is 13.5. The zero-order valence-corrected chi connectivity index (χ0v) is 16.6. The lowest BCUT2D eigenvalue weighted by molar-refractivity contribution is 0.0939. The van der Waals surface area contributed by atoms with Gasteiger partial charge in [0, 0.05) is 23.0 Å². The van der Waals surface area contributed by atoms with Crippen molar-refractivity contribution in [3.8, 4) is 10.8 Å². The monoisotopic (exact) mass is 392 g/mol. The van der Waals surface area contributed by atoms with Crippen LogP contribution in [0.2, 0.25) is 0 Å². The Bertz CT molecular complexity index is 1080. The Kier molecular flexibility index (Phi) is 4.79. The summed E-state index contributed by atoms with van der Waals surface area (Å²) in [6.45, 7) is 5.90. The minimum atomic E-state index is -0.125. The number of aromatic nitrogens is 5. The number of aryl methyl sites for hydroxylation is 1. The standard InChI is InChI=1S/C20H20N6OS/c1-13-10-18(15(3)26(13)20-22-8-9-28-20)19(27)24-14(2)16-4-6-17(7-5-16)25-12-21-11-23-25/h4-12,14H,1-3H3,(H,24,27). The average molecular weight is 392 g/mol. The van der Waals surface area contributed by atoms with Gasteiger partial charge in [0.25, 0.3) is 5.91 Å². The molecule has 0 aliphatic rings. The molecule has 1 unspecified atom stereocenters. The molecule has 8 heteroatoms. The molecular weight excluding hydrogens is 372 g/mol. The molecule has 142 valence electrons. The van der Waals surface area contributed by atoms with Crippen LogP contribution >= 0.6 is 11.3 Å². The van der Waals surface area contributed by atoms with Gasteiger partial charge >= 0.3 is 0 Å². The molecule has 0 radical (unpaired) electrons. The third-order valence-corrected chi connectivity index (χ3v) is 5.47. The lowest BCUT2D eigenvalue weighted by Crippen LogP contribution is -2.27. The average Bonchev–Trinajstić information content (AvgIpc) is 3.43. The van der Waals surface area contributed by atoms with Gasteiger partial charge in [-0.3, -0.25) is 9.36 Å². The highest BCUT2D eigenvalue weighted by molar-refractivity contribution is 7.12. The summed E-state index contributed by atoms with van der Waals surface area (Å²) < 4.78 is 3.71. The summed E-state index contributed by atoms with van der Waals surface area (Å²) >= 11 is 1.55. The molecule has 3 aromatic heterocycles. The lowest BCUT2D eigenvalue weighted by Gasteiger charge is -2.15. The molecule has 0 fully saturated rings. The van der Waals surface area contributed by atoms with Crippen molar-refractivity contribution in [1.29, 1.82) is 0 Å². The quantitative estimate of drug-likeness (QED) is 0.563. The first-order valence-corrected chi connectivity index (χ1v) is 9.77. The molecule has 0 aliphatic carbocycles. The highest BCUT2D eigenvalue weighted by Gasteiger charge is 2.19. The lowest BCUT2D eigenvalue weighted by atomic mass is 10.1. The first kappa shape index (κ1) is 18.1. The number of nitrogens with one attached hydrogen (secondary N) is 1. The molecule has 1 atom stereocenters. The number of nitrogens with zero attached hydrogens (tertiary/aromatic N) is 5. The summed E-state index contributed by atoms with van der Waals surface area (Å²) in [6, 6.07) is 9.68. The Hall–Kier alpha value is -3.26. The van der Waals surface area contributed by atoms with E-state index in [9.17, 15) is 4.79 Å². The van der Waals surface area contributed by atoms with Gasteiger partial charge in [-0.15, -0.1) is 11.3 Å². The second-order valence-corrected chi connectivity index (χ2v) is 7.43. The van der Waals surface area contributed by atoms with Crippen molar-refractivity contribution in [2.24, 2.45) is 0 Å². The predicted octanol–water partition coefficient (Wildman–Crippen LogP) is 3.62. The molecule has 1 amide bonds. The van der Waals surface area contributed by atoms with Crippen LogP contribution in [0.5, 0.6) is 0 Å². The van der Waals surface area contributed by atoms with Crippen LogP contribution < -0.4 is 5.32 Å². The van der Waals surface area contributed by atoms with Gasteiger partial charge in [0.2, 0.25) is 0 Å². The SMILES string of the molecule is Cc1cc(C(=O)NC(C)c2ccc(-n3cncn3)cc2)c(C)n1-c1nccs1. The predicted molar refractivity (Wildman–Crippen MR) is 108 cm³/mol. The molecule has 0 saturated carbocycles. The van der Waals surface area contributed by atoms with Crippen LogP contribution in [0.15, 0.2) is 54.6 Å². The Morgan fingerprint density at radius 1 is 1.21 bits per heavy atom. The van der Waals surface area contributed by atoms with Crippen LogP contribution in [0.4, 0.5) is 0 Å². The molecule has 1 aromatic carbocycles. The summed E-state index contributed by atoms with van der Waals surface area (Å²) in [5, 5.41) is 10.0. The summed E-state index contributed by atoms with van der Waals surface area (Å²) in [5.74, 6) is -0.0937. The maximum atomic E-state index is 12.9. The van der Waals surface area contributed by atoms with E-state index in [0.29, 0.717) is 5.56 Å². The van der Waals surface area contributed by atoms with E-state index in [2.05, 4.69) is 20.4 Å². The molecule has 4 rings (SSSR count). The highest BCUT2D eigenvalue weighted by Crippen LogP contribution is 2.23. The maximum Gasteiger partial charge on any atom is 0.253 e. The van der Waals surface area contributed by atoms with Crippen LogP contribution in [0, 0.1) is 13.8 Å². The van der Waals surface area contributed by atoms with Crippen molar-refractivity contribution < 1.29 is 4.79 Å². The molecule has 0 bridgehead atoms. The number of hydrogen-bond donors (Lipinski definition) is 1.